The molecule has 0 aliphatic rings. The van der Waals surface area contributed by atoms with Gasteiger partial charge in [-0.3, -0.25) is 4.79 Å². The highest BCUT2D eigenvalue weighted by Gasteiger charge is 2.11. The Kier molecular flexibility index (Phi) is 5.77. The Morgan fingerprint density at radius 1 is 1.56 bits per heavy atom. The fourth-order valence-corrected chi connectivity index (χ4v) is 1.44. The molecule has 0 bridgehead atoms. The maximum Gasteiger partial charge on any atom is 0.255 e. The molecule has 0 saturated heterocycles. The lowest BCUT2D eigenvalue weighted by atomic mass is 10.2. The van der Waals surface area contributed by atoms with E-state index in [0.717, 1.165) is 6.42 Å². The van der Waals surface area contributed by atoms with E-state index in [1.54, 1.807) is 0 Å². The summed E-state index contributed by atoms with van der Waals surface area (Å²) in [5.41, 5.74) is 0.155. The number of carbonyl (C=O) groups excluding carboxylic acids is 1. The number of hydrogen-bond donors (Lipinski definition) is 2. The van der Waals surface area contributed by atoms with E-state index in [4.69, 9.17) is 11.6 Å². The molecule has 1 amide bonds. The molecule has 0 aliphatic carbocycles. The molecule has 0 saturated carbocycles. The number of amides is 1. The van der Waals surface area contributed by atoms with Crippen molar-refractivity contribution in [3.05, 3.63) is 22.8 Å². The van der Waals surface area contributed by atoms with Crippen LogP contribution in [0.5, 0.6) is 0 Å². The molecule has 2 N–H and O–H groups in total. The molecular formula is C11H14ClF2N3O. The largest absolute Gasteiger partial charge is 0.369 e. The summed E-state index contributed by atoms with van der Waals surface area (Å²) in [5, 5.41) is 5.35. The van der Waals surface area contributed by atoms with Crippen LogP contribution < -0.4 is 10.6 Å². The average molecular weight is 278 g/mol. The molecule has 7 heteroatoms. The Morgan fingerprint density at radius 2 is 2.28 bits per heavy atom. The second-order valence-electron chi connectivity index (χ2n) is 3.58. The molecule has 4 nitrogen and oxygen atoms in total. The summed E-state index contributed by atoms with van der Waals surface area (Å²) in [5.74, 6) is -0.143. The second-order valence-corrected chi connectivity index (χ2v) is 3.99. The van der Waals surface area contributed by atoms with Crippen LogP contribution in [0.2, 0.25) is 5.02 Å². The Bertz CT molecular complexity index is 415. The van der Waals surface area contributed by atoms with Crippen molar-refractivity contribution in [3.63, 3.8) is 0 Å². The molecule has 0 radical (unpaired) electrons. The molecule has 1 aromatic rings. The zero-order chi connectivity index (χ0) is 13.5. The van der Waals surface area contributed by atoms with Gasteiger partial charge in [-0.1, -0.05) is 18.5 Å². The van der Waals surface area contributed by atoms with Gasteiger partial charge in [0, 0.05) is 12.7 Å². The molecule has 100 valence electrons. The Labute approximate surface area is 109 Å². The monoisotopic (exact) mass is 277 g/mol. The van der Waals surface area contributed by atoms with Crippen LogP contribution in [0.1, 0.15) is 23.7 Å². The van der Waals surface area contributed by atoms with E-state index in [1.807, 2.05) is 6.92 Å². The Morgan fingerprint density at radius 3 is 2.83 bits per heavy atom. The van der Waals surface area contributed by atoms with Crippen molar-refractivity contribution in [2.24, 2.45) is 0 Å². The fraction of sp³-hybridized carbons (Fsp3) is 0.455. The van der Waals surface area contributed by atoms with Gasteiger partial charge in [-0.15, -0.1) is 0 Å². The summed E-state index contributed by atoms with van der Waals surface area (Å²) in [6, 6.07) is 1.40. The topological polar surface area (TPSA) is 54.0 Å². The van der Waals surface area contributed by atoms with E-state index in [9.17, 15) is 13.6 Å². The van der Waals surface area contributed by atoms with E-state index in [-0.39, 0.29) is 10.6 Å². The normalized spacial score (nSPS) is 10.5. The first-order valence-electron chi connectivity index (χ1n) is 5.50. The minimum atomic E-state index is -2.58. The highest BCUT2D eigenvalue weighted by molar-refractivity contribution is 6.33. The average Bonchev–Trinajstić information content (AvgIpc) is 2.34. The number of pyridine rings is 1. The second kappa shape index (κ2) is 7.10. The lowest BCUT2D eigenvalue weighted by Gasteiger charge is -2.08. The van der Waals surface area contributed by atoms with Crippen LogP contribution in [0, 0.1) is 0 Å². The maximum atomic E-state index is 11.9. The van der Waals surface area contributed by atoms with Crippen molar-refractivity contribution in [1.29, 1.82) is 0 Å². The highest BCUT2D eigenvalue weighted by Crippen LogP contribution is 2.19. The van der Waals surface area contributed by atoms with Gasteiger partial charge in [0.05, 0.1) is 17.1 Å². The van der Waals surface area contributed by atoms with Crippen LogP contribution in [0.4, 0.5) is 14.6 Å². The number of nitrogens with one attached hydrogen (secondary N) is 2. The van der Waals surface area contributed by atoms with Gasteiger partial charge in [0.1, 0.15) is 5.82 Å². The van der Waals surface area contributed by atoms with Crippen LogP contribution in [-0.2, 0) is 0 Å². The zero-order valence-electron chi connectivity index (χ0n) is 9.84. The van der Waals surface area contributed by atoms with Gasteiger partial charge >= 0.3 is 0 Å². The summed E-state index contributed by atoms with van der Waals surface area (Å²) < 4.78 is 23.9. The van der Waals surface area contributed by atoms with Crippen LogP contribution >= 0.6 is 11.6 Å². The quantitative estimate of drug-likeness (QED) is 0.840. The predicted molar refractivity (Wildman–Crippen MR) is 66.4 cm³/mol. The van der Waals surface area contributed by atoms with Gasteiger partial charge in [0.25, 0.3) is 12.3 Å². The third kappa shape index (κ3) is 4.44. The van der Waals surface area contributed by atoms with E-state index in [1.165, 1.54) is 12.3 Å². The van der Waals surface area contributed by atoms with Crippen molar-refractivity contribution in [1.82, 2.24) is 10.3 Å². The maximum absolute atomic E-state index is 11.9. The number of nitrogens with zero attached hydrogens (tertiary/aromatic N) is 1. The molecule has 0 aliphatic heterocycles. The first-order valence-corrected chi connectivity index (χ1v) is 5.88. The molecule has 0 spiro atoms. The summed E-state index contributed by atoms with van der Waals surface area (Å²) >= 11 is 5.92. The Balaban J connectivity index is 2.68. The third-order valence-corrected chi connectivity index (χ3v) is 2.35. The highest BCUT2D eigenvalue weighted by atomic mass is 35.5. The van der Waals surface area contributed by atoms with Crippen LogP contribution in [0.15, 0.2) is 12.3 Å². The summed E-state index contributed by atoms with van der Waals surface area (Å²) in [6.07, 6.45) is -0.373. The van der Waals surface area contributed by atoms with E-state index in [2.05, 4.69) is 15.6 Å². The number of hydrogen-bond acceptors (Lipinski definition) is 3. The summed E-state index contributed by atoms with van der Waals surface area (Å²) in [7, 11) is 0. The number of alkyl halides is 2. The third-order valence-electron chi connectivity index (χ3n) is 2.06. The van der Waals surface area contributed by atoms with Gasteiger partial charge in [0.2, 0.25) is 0 Å². The van der Waals surface area contributed by atoms with Crippen LogP contribution in [0.25, 0.3) is 0 Å². The minimum Gasteiger partial charge on any atom is -0.369 e. The lowest BCUT2D eigenvalue weighted by Crippen LogP contribution is -2.28. The van der Waals surface area contributed by atoms with Crippen LogP contribution in [-0.4, -0.2) is 30.4 Å². The van der Waals surface area contributed by atoms with Crippen molar-refractivity contribution in [3.8, 4) is 0 Å². The molecule has 0 fully saturated rings. The van der Waals surface area contributed by atoms with Gasteiger partial charge in [-0.05, 0) is 12.5 Å². The molecule has 1 heterocycles. The van der Waals surface area contributed by atoms with Gasteiger partial charge in [-0.25, -0.2) is 13.8 Å². The van der Waals surface area contributed by atoms with Gasteiger partial charge in [0.15, 0.2) is 0 Å². The van der Waals surface area contributed by atoms with E-state index >= 15 is 0 Å². The molecule has 1 aromatic heterocycles. The van der Waals surface area contributed by atoms with Gasteiger partial charge in [-0.2, -0.15) is 0 Å². The van der Waals surface area contributed by atoms with Crippen LogP contribution in [0.3, 0.4) is 0 Å². The number of anilines is 1. The lowest BCUT2D eigenvalue weighted by molar-refractivity contribution is 0.0891. The smallest absolute Gasteiger partial charge is 0.255 e. The molecule has 0 unspecified atom stereocenters. The van der Waals surface area contributed by atoms with Crippen molar-refractivity contribution in [2.45, 2.75) is 19.8 Å². The van der Waals surface area contributed by atoms with Crippen molar-refractivity contribution in [2.75, 3.05) is 18.4 Å². The van der Waals surface area contributed by atoms with E-state index < -0.39 is 18.9 Å². The SMILES string of the molecule is CCCNc1ncc(C(=O)NCC(F)F)cc1Cl. The molecule has 18 heavy (non-hydrogen) atoms. The fourth-order valence-electron chi connectivity index (χ4n) is 1.21. The molecule has 1 rings (SSSR count). The molecular weight excluding hydrogens is 264 g/mol. The molecule has 0 aromatic carbocycles. The Hall–Kier alpha value is -1.43. The first-order chi connectivity index (χ1) is 8.54. The van der Waals surface area contributed by atoms with Crippen molar-refractivity contribution >= 4 is 23.3 Å². The molecule has 0 atom stereocenters. The number of carbonyl (C=O) groups is 1. The minimum absolute atomic E-state index is 0.155. The zero-order valence-corrected chi connectivity index (χ0v) is 10.6. The number of halogens is 3. The first kappa shape index (κ1) is 14.6. The number of rotatable bonds is 6. The van der Waals surface area contributed by atoms with E-state index in [0.29, 0.717) is 12.4 Å². The summed E-state index contributed by atoms with van der Waals surface area (Å²) in [6.45, 7) is 2.02. The predicted octanol–water partition coefficient (Wildman–Crippen LogP) is 2.55. The van der Waals surface area contributed by atoms with Gasteiger partial charge < -0.3 is 10.6 Å². The van der Waals surface area contributed by atoms with Crippen molar-refractivity contribution < 1.29 is 13.6 Å². The summed E-state index contributed by atoms with van der Waals surface area (Å²) in [4.78, 5) is 15.4. The standard InChI is InChI=1S/C11H14ClF2N3O/c1-2-3-15-10-8(12)4-7(5-16-10)11(18)17-6-9(13)14/h4-5,9H,2-3,6H2,1H3,(H,15,16)(H,17,18). The number of aromatic nitrogens is 1.